The number of carbonyl (C=O) groups excluding carboxylic acids is 1. The smallest absolute Gasteiger partial charge is 0.319 e. The van der Waals surface area contributed by atoms with Crippen molar-refractivity contribution >= 4 is 11.7 Å². The van der Waals surface area contributed by atoms with Crippen LogP contribution in [0.1, 0.15) is 24.8 Å². The third-order valence-corrected chi connectivity index (χ3v) is 6.29. The normalized spacial score (nSPS) is 24.5. The van der Waals surface area contributed by atoms with Gasteiger partial charge in [-0.15, -0.1) is 0 Å². The molecule has 1 aromatic rings. The van der Waals surface area contributed by atoms with E-state index in [1.54, 1.807) is 0 Å². The summed E-state index contributed by atoms with van der Waals surface area (Å²) in [6, 6.07) is 8.36. The van der Waals surface area contributed by atoms with Gasteiger partial charge in [0.1, 0.15) is 0 Å². The Bertz CT molecular complexity index is 653. The number of nitrogens with one attached hydrogen (secondary N) is 2. The lowest BCUT2D eigenvalue weighted by Gasteiger charge is -2.37. The number of morpholine rings is 1. The van der Waals surface area contributed by atoms with Crippen LogP contribution in [-0.4, -0.2) is 81.0 Å². The summed E-state index contributed by atoms with van der Waals surface area (Å²) in [6.07, 6.45) is 3.64. The molecule has 1 aromatic carbocycles. The minimum absolute atomic E-state index is 0.138. The Morgan fingerprint density at radius 1 is 1.10 bits per heavy atom. The van der Waals surface area contributed by atoms with Crippen LogP contribution < -0.4 is 10.6 Å². The Morgan fingerprint density at radius 2 is 1.93 bits per heavy atom. The molecule has 2 amide bonds. The minimum atomic E-state index is -0.138. The Labute approximate surface area is 173 Å². The maximum absolute atomic E-state index is 12.6. The first kappa shape index (κ1) is 20.6. The zero-order valence-electron chi connectivity index (χ0n) is 17.3. The second-order valence-electron chi connectivity index (χ2n) is 8.36. The lowest BCUT2D eigenvalue weighted by atomic mass is 9.97. The average molecular weight is 403 g/mol. The molecule has 4 rings (SSSR count). The van der Waals surface area contributed by atoms with Gasteiger partial charge in [-0.05, 0) is 50.0 Å². The van der Waals surface area contributed by atoms with Crippen molar-refractivity contribution < 1.29 is 14.3 Å². The van der Waals surface area contributed by atoms with E-state index in [9.17, 15) is 4.79 Å². The van der Waals surface area contributed by atoms with Gasteiger partial charge >= 0.3 is 6.03 Å². The van der Waals surface area contributed by atoms with Crippen LogP contribution in [0, 0.1) is 5.92 Å². The van der Waals surface area contributed by atoms with Gasteiger partial charge in [-0.2, -0.15) is 0 Å². The topological polar surface area (TPSA) is 66.1 Å². The third-order valence-electron chi connectivity index (χ3n) is 6.29. The monoisotopic (exact) mass is 402 g/mol. The van der Waals surface area contributed by atoms with Crippen LogP contribution in [0.15, 0.2) is 24.3 Å². The van der Waals surface area contributed by atoms with Crippen LogP contribution in [0.2, 0.25) is 0 Å². The van der Waals surface area contributed by atoms with E-state index in [0.717, 1.165) is 58.2 Å². The molecule has 0 aromatic heterocycles. The zero-order chi connectivity index (χ0) is 19.9. The molecule has 0 bridgehead atoms. The molecule has 3 fully saturated rings. The van der Waals surface area contributed by atoms with Crippen molar-refractivity contribution in [2.75, 3.05) is 64.5 Å². The molecule has 3 aliphatic heterocycles. The van der Waals surface area contributed by atoms with Gasteiger partial charge in [0.2, 0.25) is 0 Å². The van der Waals surface area contributed by atoms with E-state index in [4.69, 9.17) is 9.47 Å². The van der Waals surface area contributed by atoms with Crippen LogP contribution in [-0.2, 0) is 16.0 Å². The summed E-state index contributed by atoms with van der Waals surface area (Å²) in [5.41, 5.74) is 2.10. The summed E-state index contributed by atoms with van der Waals surface area (Å²) in [6.45, 7) is 8.90. The van der Waals surface area contributed by atoms with Gasteiger partial charge in [-0.1, -0.05) is 12.1 Å². The number of carbonyl (C=O) groups is 1. The molecule has 0 radical (unpaired) electrons. The lowest BCUT2D eigenvalue weighted by Crippen LogP contribution is -2.52. The van der Waals surface area contributed by atoms with Crippen LogP contribution in [0.4, 0.5) is 10.5 Å². The molecule has 7 nitrogen and oxygen atoms in total. The summed E-state index contributed by atoms with van der Waals surface area (Å²) in [5, 5.41) is 6.11. The Hall–Kier alpha value is -1.67. The Balaban J connectivity index is 1.29. The molecule has 2 N–H and O–H groups in total. The fraction of sp³-hybridized carbons (Fsp3) is 0.682. The molecule has 160 valence electrons. The lowest BCUT2D eigenvalue weighted by molar-refractivity contribution is 0.00222. The van der Waals surface area contributed by atoms with Gasteiger partial charge in [-0.25, -0.2) is 4.79 Å². The molecule has 0 unspecified atom stereocenters. The van der Waals surface area contributed by atoms with Crippen molar-refractivity contribution in [1.29, 1.82) is 0 Å². The fourth-order valence-corrected chi connectivity index (χ4v) is 4.68. The van der Waals surface area contributed by atoms with Gasteiger partial charge in [0.25, 0.3) is 0 Å². The highest BCUT2D eigenvalue weighted by molar-refractivity contribution is 5.89. The first-order valence-electron chi connectivity index (χ1n) is 11.0. The number of urea groups is 1. The molecule has 7 heteroatoms. The molecule has 3 saturated heterocycles. The molecular weight excluding hydrogens is 368 g/mol. The predicted octanol–water partition coefficient (Wildman–Crippen LogP) is 2.14. The van der Waals surface area contributed by atoms with Gasteiger partial charge < -0.3 is 20.1 Å². The number of amides is 2. The number of benzene rings is 1. The first-order valence-corrected chi connectivity index (χ1v) is 11.0. The van der Waals surface area contributed by atoms with Gasteiger partial charge in [-0.3, -0.25) is 9.80 Å². The average Bonchev–Trinajstić information content (AvgIpc) is 3.44. The van der Waals surface area contributed by atoms with Crippen LogP contribution >= 0.6 is 0 Å². The largest absolute Gasteiger partial charge is 0.381 e. The van der Waals surface area contributed by atoms with Crippen molar-refractivity contribution in [3.05, 3.63) is 29.8 Å². The van der Waals surface area contributed by atoms with E-state index in [0.29, 0.717) is 18.5 Å². The van der Waals surface area contributed by atoms with E-state index in [2.05, 4.69) is 32.6 Å². The third kappa shape index (κ3) is 5.92. The van der Waals surface area contributed by atoms with Crippen LogP contribution in [0.5, 0.6) is 0 Å². The number of ether oxygens (including phenoxy) is 2. The fourth-order valence-electron chi connectivity index (χ4n) is 4.68. The highest BCUT2D eigenvalue weighted by Gasteiger charge is 2.31. The van der Waals surface area contributed by atoms with E-state index in [-0.39, 0.29) is 6.03 Å². The minimum Gasteiger partial charge on any atom is -0.381 e. The highest BCUT2D eigenvalue weighted by Crippen LogP contribution is 2.22. The number of hydrogen-bond acceptors (Lipinski definition) is 5. The number of hydrogen-bond donors (Lipinski definition) is 2. The molecule has 29 heavy (non-hydrogen) atoms. The SMILES string of the molecule is O=C(NC[C@H]([C@H]1CCOC1)N1CCOCC1)Nc1cccc(CN2CCCC2)c1. The summed E-state index contributed by atoms with van der Waals surface area (Å²) < 4.78 is 11.1. The molecule has 2 atom stereocenters. The highest BCUT2D eigenvalue weighted by atomic mass is 16.5. The maximum atomic E-state index is 12.6. The predicted molar refractivity (Wildman–Crippen MR) is 113 cm³/mol. The number of anilines is 1. The van der Waals surface area contributed by atoms with E-state index in [1.807, 2.05) is 12.1 Å². The summed E-state index contributed by atoms with van der Waals surface area (Å²) in [7, 11) is 0. The molecule has 0 spiro atoms. The quantitative estimate of drug-likeness (QED) is 0.732. The van der Waals surface area contributed by atoms with Gasteiger partial charge in [0.05, 0.1) is 19.8 Å². The molecule has 3 aliphatic rings. The Kier molecular flexibility index (Phi) is 7.38. The molecule has 3 heterocycles. The molecule has 0 saturated carbocycles. The number of likely N-dealkylation sites (tertiary alicyclic amines) is 1. The van der Waals surface area contributed by atoms with Crippen molar-refractivity contribution in [3.8, 4) is 0 Å². The first-order chi connectivity index (χ1) is 14.3. The van der Waals surface area contributed by atoms with Crippen molar-refractivity contribution in [1.82, 2.24) is 15.1 Å². The summed E-state index contributed by atoms with van der Waals surface area (Å²) >= 11 is 0. The summed E-state index contributed by atoms with van der Waals surface area (Å²) in [5.74, 6) is 0.470. The second kappa shape index (κ2) is 10.4. The maximum Gasteiger partial charge on any atom is 0.319 e. The van der Waals surface area contributed by atoms with E-state index < -0.39 is 0 Å². The standard InChI is InChI=1S/C22H34N4O3/c27-22(24-20-5-3-4-18(14-20)16-25-7-1-2-8-25)23-15-21(19-6-11-29-17-19)26-9-12-28-13-10-26/h3-5,14,19,21H,1-2,6-13,15-17H2,(H2,23,24,27)/t19-,21+/m0/s1. The molecule has 0 aliphatic carbocycles. The van der Waals surface area contributed by atoms with Crippen molar-refractivity contribution in [2.24, 2.45) is 5.92 Å². The zero-order valence-corrected chi connectivity index (χ0v) is 17.3. The Morgan fingerprint density at radius 3 is 2.69 bits per heavy atom. The van der Waals surface area contributed by atoms with Gasteiger partial charge in [0.15, 0.2) is 0 Å². The summed E-state index contributed by atoms with van der Waals surface area (Å²) in [4.78, 5) is 17.5. The number of rotatable bonds is 7. The van der Waals surface area contributed by atoms with Crippen LogP contribution in [0.25, 0.3) is 0 Å². The van der Waals surface area contributed by atoms with E-state index in [1.165, 1.54) is 31.5 Å². The van der Waals surface area contributed by atoms with Gasteiger partial charge in [0, 0.05) is 50.4 Å². The van der Waals surface area contributed by atoms with Crippen LogP contribution in [0.3, 0.4) is 0 Å². The van der Waals surface area contributed by atoms with Crippen molar-refractivity contribution in [2.45, 2.75) is 31.8 Å². The number of nitrogens with zero attached hydrogens (tertiary/aromatic N) is 2. The molecular formula is C22H34N4O3. The van der Waals surface area contributed by atoms with E-state index >= 15 is 0 Å². The second-order valence-corrected chi connectivity index (χ2v) is 8.36. The van der Waals surface area contributed by atoms with Crippen molar-refractivity contribution in [3.63, 3.8) is 0 Å².